The van der Waals surface area contributed by atoms with E-state index in [1.807, 2.05) is 62.1 Å². The highest BCUT2D eigenvalue weighted by atomic mass is 16.6. The summed E-state index contributed by atoms with van der Waals surface area (Å²) in [6, 6.07) is 16.4. The quantitative estimate of drug-likeness (QED) is 0.483. The number of amides is 2. The van der Waals surface area contributed by atoms with Gasteiger partial charge in [-0.05, 0) is 69.5 Å². The van der Waals surface area contributed by atoms with Crippen LogP contribution in [0.1, 0.15) is 39.2 Å². The number of fused-ring (bicyclic) bond motifs is 1. The van der Waals surface area contributed by atoms with Gasteiger partial charge in [0.15, 0.2) is 6.10 Å². The molecule has 1 unspecified atom stereocenters. The first-order chi connectivity index (χ1) is 17.7. The number of hydrogen-bond donors (Lipinski definition) is 0. The van der Waals surface area contributed by atoms with Crippen molar-refractivity contribution in [3.05, 3.63) is 60.3 Å². The molecule has 1 aliphatic carbocycles. The van der Waals surface area contributed by atoms with Crippen molar-refractivity contribution < 1.29 is 23.8 Å². The Morgan fingerprint density at radius 1 is 1.08 bits per heavy atom. The van der Waals surface area contributed by atoms with Crippen molar-refractivity contribution in [1.29, 1.82) is 0 Å². The van der Waals surface area contributed by atoms with E-state index >= 15 is 0 Å². The van der Waals surface area contributed by atoms with Crippen LogP contribution >= 0.6 is 0 Å². The molecule has 37 heavy (non-hydrogen) atoms. The van der Waals surface area contributed by atoms with E-state index in [4.69, 9.17) is 14.2 Å². The molecule has 0 radical (unpaired) electrons. The molecule has 8 nitrogen and oxygen atoms in total. The fourth-order valence-corrected chi connectivity index (χ4v) is 4.77. The topological polar surface area (TPSA) is 73.2 Å². The summed E-state index contributed by atoms with van der Waals surface area (Å²) in [6.07, 6.45) is 2.96. The monoisotopic (exact) mass is 505 g/mol. The van der Waals surface area contributed by atoms with E-state index in [0.29, 0.717) is 19.7 Å². The number of para-hydroxylation sites is 1. The highest BCUT2D eigenvalue weighted by molar-refractivity contribution is 5.87. The van der Waals surface area contributed by atoms with Gasteiger partial charge in [0.1, 0.15) is 11.4 Å². The van der Waals surface area contributed by atoms with E-state index in [9.17, 15) is 9.59 Å². The number of carbonyl (C=O) groups excluding carboxylic acids is 2. The number of benzene rings is 2. The summed E-state index contributed by atoms with van der Waals surface area (Å²) >= 11 is 0. The molecule has 2 aromatic carbocycles. The molecule has 1 saturated heterocycles. The molecule has 0 spiro atoms. The molecule has 0 bridgehead atoms. The molecular weight excluding hydrogens is 470 g/mol. The van der Waals surface area contributed by atoms with Crippen molar-refractivity contribution in [2.24, 2.45) is 0 Å². The lowest BCUT2D eigenvalue weighted by molar-refractivity contribution is -0.150. The van der Waals surface area contributed by atoms with Crippen molar-refractivity contribution in [2.75, 3.05) is 26.8 Å². The van der Waals surface area contributed by atoms with E-state index in [1.165, 1.54) is 0 Å². The molecule has 196 valence electrons. The van der Waals surface area contributed by atoms with Crippen LogP contribution in [-0.2, 0) is 20.8 Å². The van der Waals surface area contributed by atoms with Crippen LogP contribution in [0.5, 0.6) is 5.75 Å². The Hall–Kier alpha value is -3.52. The van der Waals surface area contributed by atoms with Gasteiger partial charge in [0.2, 0.25) is 0 Å². The second-order valence-corrected chi connectivity index (χ2v) is 10.7. The third-order valence-corrected chi connectivity index (χ3v) is 6.75. The maximum atomic E-state index is 13.7. The molecule has 2 aliphatic rings. The van der Waals surface area contributed by atoms with Gasteiger partial charge in [-0.25, -0.2) is 4.79 Å². The Labute approximate surface area is 217 Å². The van der Waals surface area contributed by atoms with Gasteiger partial charge >= 0.3 is 6.09 Å². The highest BCUT2D eigenvalue weighted by Crippen LogP contribution is 2.33. The molecule has 5 rings (SSSR count). The highest BCUT2D eigenvalue weighted by Gasteiger charge is 2.39. The van der Waals surface area contributed by atoms with Gasteiger partial charge in [0, 0.05) is 36.4 Å². The number of aromatic nitrogens is 1. The van der Waals surface area contributed by atoms with Crippen LogP contribution in [0.15, 0.2) is 54.7 Å². The minimum atomic E-state index is -0.697. The summed E-state index contributed by atoms with van der Waals surface area (Å²) in [5, 5.41) is 1.11. The van der Waals surface area contributed by atoms with Gasteiger partial charge in [-0.2, -0.15) is 0 Å². The number of hydrogen-bond acceptors (Lipinski definition) is 5. The smallest absolute Gasteiger partial charge is 0.410 e. The molecule has 0 N–H and O–H groups in total. The standard InChI is InChI=1S/C29H35N3O5/c1-29(2,3)37-28(34)30-15-16-36-26(19-30)27(33)32(22-9-10-22)18-20-17-31(25-8-6-5-7-24(20)25)21-11-13-23(35-4)14-12-21/h5-8,11-14,17,22,26H,9-10,15-16,18-19H2,1-4H3. The molecule has 1 aliphatic heterocycles. The number of nitrogens with zero attached hydrogens (tertiary/aromatic N) is 3. The molecule has 1 aromatic heterocycles. The zero-order chi connectivity index (χ0) is 26.2. The Kier molecular flexibility index (Phi) is 6.86. The largest absolute Gasteiger partial charge is 0.497 e. The van der Waals surface area contributed by atoms with E-state index < -0.39 is 17.8 Å². The number of methoxy groups -OCH3 is 1. The van der Waals surface area contributed by atoms with Gasteiger partial charge in [-0.3, -0.25) is 4.79 Å². The molecule has 2 amide bonds. The van der Waals surface area contributed by atoms with Crippen molar-refractivity contribution in [2.45, 2.75) is 57.9 Å². The summed E-state index contributed by atoms with van der Waals surface area (Å²) < 4.78 is 18.9. The first kappa shape index (κ1) is 25.1. The molecule has 2 fully saturated rings. The first-order valence-electron chi connectivity index (χ1n) is 12.9. The second kappa shape index (κ2) is 10.1. The predicted octanol–water partition coefficient (Wildman–Crippen LogP) is 4.77. The summed E-state index contributed by atoms with van der Waals surface area (Å²) in [6.45, 7) is 6.92. The maximum Gasteiger partial charge on any atom is 0.410 e. The second-order valence-electron chi connectivity index (χ2n) is 10.7. The van der Waals surface area contributed by atoms with E-state index in [0.717, 1.165) is 40.7 Å². The number of carbonyl (C=O) groups is 2. The fourth-order valence-electron chi connectivity index (χ4n) is 4.77. The van der Waals surface area contributed by atoms with Gasteiger partial charge in [-0.15, -0.1) is 0 Å². The van der Waals surface area contributed by atoms with Crippen LogP contribution in [0.25, 0.3) is 16.6 Å². The lowest BCUT2D eigenvalue weighted by atomic mass is 10.1. The summed E-state index contributed by atoms with van der Waals surface area (Å²) in [5.41, 5.74) is 2.59. The fraction of sp³-hybridized carbons (Fsp3) is 0.448. The molecule has 3 aromatic rings. The van der Waals surface area contributed by atoms with Crippen molar-refractivity contribution in [1.82, 2.24) is 14.4 Å². The first-order valence-corrected chi connectivity index (χ1v) is 12.9. The average molecular weight is 506 g/mol. The maximum absolute atomic E-state index is 13.7. The summed E-state index contributed by atoms with van der Waals surface area (Å²) in [4.78, 5) is 29.9. The summed E-state index contributed by atoms with van der Waals surface area (Å²) in [7, 11) is 1.66. The molecular formula is C29H35N3O5. The molecule has 2 heterocycles. The lowest BCUT2D eigenvalue weighted by Gasteiger charge is -2.35. The Balaban J connectivity index is 1.38. The third-order valence-electron chi connectivity index (χ3n) is 6.75. The molecule has 1 atom stereocenters. The van der Waals surface area contributed by atoms with Crippen LogP contribution in [0.3, 0.4) is 0 Å². The number of morpholine rings is 1. The molecule has 8 heteroatoms. The van der Waals surface area contributed by atoms with Crippen LogP contribution < -0.4 is 4.74 Å². The summed E-state index contributed by atoms with van der Waals surface area (Å²) in [5.74, 6) is 0.732. The van der Waals surface area contributed by atoms with E-state index in [-0.39, 0.29) is 18.5 Å². The predicted molar refractivity (Wildman–Crippen MR) is 141 cm³/mol. The van der Waals surface area contributed by atoms with Crippen LogP contribution in [0.4, 0.5) is 4.79 Å². The van der Waals surface area contributed by atoms with Gasteiger partial charge in [-0.1, -0.05) is 18.2 Å². The Bertz CT molecular complexity index is 1270. The normalized spacial score (nSPS) is 18.1. The minimum Gasteiger partial charge on any atom is -0.497 e. The zero-order valence-electron chi connectivity index (χ0n) is 22.0. The van der Waals surface area contributed by atoms with Gasteiger partial charge in [0.05, 0.1) is 25.8 Å². The lowest BCUT2D eigenvalue weighted by Crippen LogP contribution is -2.53. The van der Waals surface area contributed by atoms with Crippen molar-refractivity contribution >= 4 is 22.9 Å². The Morgan fingerprint density at radius 3 is 2.49 bits per heavy atom. The average Bonchev–Trinajstić information content (AvgIpc) is 3.67. The molecule has 1 saturated carbocycles. The van der Waals surface area contributed by atoms with Gasteiger partial charge in [0.25, 0.3) is 5.91 Å². The minimum absolute atomic E-state index is 0.0722. The van der Waals surface area contributed by atoms with Crippen LogP contribution in [0, 0.1) is 0 Å². The third kappa shape index (κ3) is 5.59. The van der Waals surface area contributed by atoms with Crippen LogP contribution in [-0.4, -0.2) is 70.9 Å². The van der Waals surface area contributed by atoms with Crippen molar-refractivity contribution in [3.8, 4) is 11.4 Å². The van der Waals surface area contributed by atoms with E-state index in [2.05, 4.69) is 22.9 Å². The number of ether oxygens (including phenoxy) is 3. The number of rotatable bonds is 6. The zero-order valence-corrected chi connectivity index (χ0v) is 22.0. The van der Waals surface area contributed by atoms with E-state index in [1.54, 1.807) is 12.0 Å². The Morgan fingerprint density at radius 2 is 1.81 bits per heavy atom. The van der Waals surface area contributed by atoms with Crippen molar-refractivity contribution in [3.63, 3.8) is 0 Å². The SMILES string of the molecule is COc1ccc(-n2cc(CN(C(=O)C3CN(C(=O)OC(C)(C)C)CCO3)C3CC3)c3ccccc32)cc1. The van der Waals surface area contributed by atoms with Gasteiger partial charge < -0.3 is 28.6 Å². The van der Waals surface area contributed by atoms with Crippen LogP contribution in [0.2, 0.25) is 0 Å².